The van der Waals surface area contributed by atoms with E-state index in [1.54, 1.807) is 6.07 Å². The van der Waals surface area contributed by atoms with E-state index in [0.29, 0.717) is 5.56 Å². The molecule has 2 rings (SSSR count). The summed E-state index contributed by atoms with van der Waals surface area (Å²) in [5.74, 6) is 0.295. The molecular weight excluding hydrogens is 380 g/mol. The van der Waals surface area contributed by atoms with E-state index in [9.17, 15) is 16.8 Å². The van der Waals surface area contributed by atoms with E-state index in [0.717, 1.165) is 29.4 Å². The van der Waals surface area contributed by atoms with Gasteiger partial charge in [0.2, 0.25) is 0 Å². The Hall–Kier alpha value is -2.26. The van der Waals surface area contributed by atoms with Crippen LogP contribution in [0, 0.1) is 13.8 Å². The van der Waals surface area contributed by atoms with Gasteiger partial charge in [-0.2, -0.15) is 16.8 Å². The summed E-state index contributed by atoms with van der Waals surface area (Å²) in [7, 11) is -7.71. The molecule has 142 valence electrons. The summed E-state index contributed by atoms with van der Waals surface area (Å²) >= 11 is 0. The molecule has 0 saturated carbocycles. The zero-order valence-electron chi connectivity index (χ0n) is 14.8. The van der Waals surface area contributed by atoms with E-state index in [4.69, 9.17) is 13.1 Å². The molecule has 0 fully saturated rings. The second-order valence-corrected chi connectivity index (χ2v) is 9.02. The molecule has 0 unspecified atom stereocenters. The third-order valence-electron chi connectivity index (χ3n) is 3.28. The maximum Gasteiger partial charge on any atom is 0.306 e. The predicted octanol–water partition coefficient (Wildman–Crippen LogP) is 2.56. The number of para-hydroxylation sites is 1. The Bertz CT molecular complexity index is 989. The maximum atomic E-state index is 11.4. The van der Waals surface area contributed by atoms with Crippen LogP contribution in [0.15, 0.2) is 36.4 Å². The largest absolute Gasteiger partial charge is 0.488 e. The minimum Gasteiger partial charge on any atom is -0.488 e. The van der Waals surface area contributed by atoms with Gasteiger partial charge in [0.1, 0.15) is 12.4 Å². The lowest BCUT2D eigenvalue weighted by Crippen LogP contribution is -2.11. The molecule has 2 aromatic rings. The smallest absolute Gasteiger partial charge is 0.306 e. The summed E-state index contributed by atoms with van der Waals surface area (Å²) in [6, 6.07) is 10.0. The molecule has 0 aromatic heterocycles. The average molecular weight is 400 g/mol. The Labute approximate surface area is 153 Å². The van der Waals surface area contributed by atoms with Gasteiger partial charge in [0, 0.05) is 0 Å². The molecule has 7 nitrogen and oxygen atoms in total. The van der Waals surface area contributed by atoms with Gasteiger partial charge < -0.3 is 13.1 Å². The summed E-state index contributed by atoms with van der Waals surface area (Å²) in [4.78, 5) is 0. The van der Waals surface area contributed by atoms with Crippen molar-refractivity contribution in [1.29, 1.82) is 0 Å². The van der Waals surface area contributed by atoms with Crippen molar-refractivity contribution in [3.63, 3.8) is 0 Å². The quantitative estimate of drug-likeness (QED) is 0.659. The molecule has 0 aliphatic rings. The highest BCUT2D eigenvalue weighted by Crippen LogP contribution is 2.31. The second-order valence-electron chi connectivity index (χ2n) is 5.87. The van der Waals surface area contributed by atoms with Crippen LogP contribution in [0.3, 0.4) is 0 Å². The van der Waals surface area contributed by atoms with Gasteiger partial charge in [0.15, 0.2) is 11.5 Å². The van der Waals surface area contributed by atoms with Gasteiger partial charge in [-0.1, -0.05) is 24.3 Å². The molecule has 0 aliphatic heterocycles. The second kappa shape index (κ2) is 7.55. The van der Waals surface area contributed by atoms with Crippen LogP contribution >= 0.6 is 0 Å². The summed E-state index contributed by atoms with van der Waals surface area (Å²) in [6.07, 6.45) is 1.71. The first kappa shape index (κ1) is 20.1. The van der Waals surface area contributed by atoms with Crippen molar-refractivity contribution in [3.05, 3.63) is 53.1 Å². The third kappa shape index (κ3) is 5.92. The molecule has 0 aliphatic carbocycles. The van der Waals surface area contributed by atoms with E-state index in [-0.39, 0.29) is 18.1 Å². The molecule has 0 bridgehead atoms. The van der Waals surface area contributed by atoms with Gasteiger partial charge >= 0.3 is 20.2 Å². The lowest BCUT2D eigenvalue weighted by Gasteiger charge is -2.14. The Morgan fingerprint density at radius 3 is 1.88 bits per heavy atom. The molecule has 0 radical (unpaired) electrons. The van der Waals surface area contributed by atoms with E-state index in [1.807, 2.05) is 32.0 Å². The molecule has 9 heteroatoms. The van der Waals surface area contributed by atoms with Crippen molar-refractivity contribution >= 4 is 20.2 Å². The highest BCUT2D eigenvalue weighted by molar-refractivity contribution is 7.86. The lowest BCUT2D eigenvalue weighted by atomic mass is 10.1. The summed E-state index contributed by atoms with van der Waals surface area (Å²) < 4.78 is 61.0. The number of benzene rings is 2. The Kier molecular flexibility index (Phi) is 5.82. The number of hydrogen-bond donors (Lipinski definition) is 0. The third-order valence-corrected chi connectivity index (χ3v) is 4.25. The SMILES string of the molecule is Cc1cccc(C)c1OCc1ccc(OS(C)(=O)=O)c(OS(C)(=O)=O)c1. The fourth-order valence-electron chi connectivity index (χ4n) is 2.28. The summed E-state index contributed by atoms with van der Waals surface area (Å²) in [5, 5.41) is 0. The number of ether oxygens (including phenoxy) is 1. The minimum absolute atomic E-state index is 0.144. The average Bonchev–Trinajstić information content (AvgIpc) is 2.46. The molecule has 0 heterocycles. The Morgan fingerprint density at radius 2 is 1.35 bits per heavy atom. The zero-order valence-corrected chi connectivity index (χ0v) is 16.5. The van der Waals surface area contributed by atoms with Crippen LogP contribution in [-0.2, 0) is 26.8 Å². The van der Waals surface area contributed by atoms with Crippen LogP contribution in [0.4, 0.5) is 0 Å². The zero-order chi connectivity index (χ0) is 19.5. The van der Waals surface area contributed by atoms with Crippen molar-refractivity contribution in [2.45, 2.75) is 20.5 Å². The topological polar surface area (TPSA) is 96.0 Å². The predicted molar refractivity (Wildman–Crippen MR) is 97.6 cm³/mol. The first-order valence-corrected chi connectivity index (χ1v) is 11.2. The monoisotopic (exact) mass is 400 g/mol. The maximum absolute atomic E-state index is 11.4. The van der Waals surface area contributed by atoms with Crippen LogP contribution in [0.25, 0.3) is 0 Å². The fraction of sp³-hybridized carbons (Fsp3) is 0.294. The highest BCUT2D eigenvalue weighted by atomic mass is 32.2. The minimum atomic E-state index is -3.87. The molecule has 0 N–H and O–H groups in total. The standard InChI is InChI=1S/C17H20O7S2/c1-12-6-5-7-13(2)17(12)22-11-14-8-9-15(23-25(3,18)19)16(10-14)24-26(4,20)21/h5-10H,11H2,1-4H3. The molecule has 0 atom stereocenters. The highest BCUT2D eigenvalue weighted by Gasteiger charge is 2.16. The molecule has 2 aromatic carbocycles. The summed E-state index contributed by atoms with van der Waals surface area (Å²) in [6.45, 7) is 3.98. The number of hydrogen-bond acceptors (Lipinski definition) is 7. The first-order valence-electron chi connectivity index (χ1n) is 7.55. The molecular formula is C17H20O7S2. The van der Waals surface area contributed by atoms with Crippen molar-refractivity contribution in [2.75, 3.05) is 12.5 Å². The lowest BCUT2D eigenvalue weighted by molar-refractivity contribution is 0.301. The fourth-order valence-corrected chi connectivity index (χ4v) is 3.21. The van der Waals surface area contributed by atoms with Gasteiger partial charge in [-0.05, 0) is 42.7 Å². The molecule has 0 saturated heterocycles. The van der Waals surface area contributed by atoms with Crippen LogP contribution in [0.5, 0.6) is 17.2 Å². The molecule has 0 amide bonds. The number of rotatable bonds is 7. The summed E-state index contributed by atoms with van der Waals surface area (Å²) in [5.41, 5.74) is 2.52. The van der Waals surface area contributed by atoms with Crippen molar-refractivity contribution in [1.82, 2.24) is 0 Å². The normalized spacial score (nSPS) is 11.8. The van der Waals surface area contributed by atoms with Gasteiger partial charge in [-0.25, -0.2) is 0 Å². The van der Waals surface area contributed by atoms with Crippen molar-refractivity contribution in [2.24, 2.45) is 0 Å². The van der Waals surface area contributed by atoms with Gasteiger partial charge in [0.25, 0.3) is 0 Å². The molecule has 0 spiro atoms. The van der Waals surface area contributed by atoms with Crippen LogP contribution in [0.1, 0.15) is 16.7 Å². The van der Waals surface area contributed by atoms with Gasteiger partial charge in [0.05, 0.1) is 12.5 Å². The Balaban J connectivity index is 2.31. The van der Waals surface area contributed by atoms with E-state index in [2.05, 4.69) is 0 Å². The van der Waals surface area contributed by atoms with Gasteiger partial charge in [-0.15, -0.1) is 0 Å². The van der Waals surface area contributed by atoms with E-state index >= 15 is 0 Å². The molecule has 26 heavy (non-hydrogen) atoms. The van der Waals surface area contributed by atoms with Crippen molar-refractivity contribution < 1.29 is 29.9 Å². The van der Waals surface area contributed by atoms with Crippen LogP contribution < -0.4 is 13.1 Å². The van der Waals surface area contributed by atoms with E-state index in [1.165, 1.54) is 12.1 Å². The Morgan fingerprint density at radius 1 is 0.808 bits per heavy atom. The first-order chi connectivity index (χ1) is 11.9. The van der Waals surface area contributed by atoms with Gasteiger partial charge in [-0.3, -0.25) is 0 Å². The number of aryl methyl sites for hydroxylation is 2. The van der Waals surface area contributed by atoms with Crippen LogP contribution in [0.2, 0.25) is 0 Å². The van der Waals surface area contributed by atoms with Crippen molar-refractivity contribution in [3.8, 4) is 17.2 Å². The van der Waals surface area contributed by atoms with Crippen LogP contribution in [-0.4, -0.2) is 29.3 Å². The van der Waals surface area contributed by atoms with E-state index < -0.39 is 20.2 Å².